The summed E-state index contributed by atoms with van der Waals surface area (Å²) >= 11 is 0. The summed E-state index contributed by atoms with van der Waals surface area (Å²) in [5.74, 6) is 1.70. The van der Waals surface area contributed by atoms with E-state index in [1.54, 1.807) is 0 Å². The van der Waals surface area contributed by atoms with Crippen LogP contribution in [0.2, 0.25) is 0 Å². The standard InChI is InChI=1S/C18H25NO2/c1-4-15-16-7-5-6-8-17(16)21-18(15)13(3)19-12(2)14-9-10-20-11-14/h5-8,12-14,19H,4,9-11H2,1-3H3. The van der Waals surface area contributed by atoms with Gasteiger partial charge in [-0.3, -0.25) is 0 Å². The highest BCUT2D eigenvalue weighted by Crippen LogP contribution is 2.31. The molecular weight excluding hydrogens is 262 g/mol. The Morgan fingerprint density at radius 2 is 2.10 bits per heavy atom. The van der Waals surface area contributed by atoms with E-state index in [4.69, 9.17) is 9.15 Å². The number of aryl methyl sites for hydroxylation is 1. The third-order valence-electron chi connectivity index (χ3n) is 4.66. The van der Waals surface area contributed by atoms with Gasteiger partial charge in [0.2, 0.25) is 0 Å². The summed E-state index contributed by atoms with van der Waals surface area (Å²) < 4.78 is 11.6. The van der Waals surface area contributed by atoms with Gasteiger partial charge in [-0.15, -0.1) is 0 Å². The summed E-state index contributed by atoms with van der Waals surface area (Å²) in [6, 6.07) is 8.99. The molecule has 0 aliphatic carbocycles. The monoisotopic (exact) mass is 287 g/mol. The van der Waals surface area contributed by atoms with Crippen molar-refractivity contribution in [2.75, 3.05) is 13.2 Å². The quantitative estimate of drug-likeness (QED) is 0.900. The minimum absolute atomic E-state index is 0.225. The van der Waals surface area contributed by atoms with E-state index in [9.17, 15) is 0 Å². The van der Waals surface area contributed by atoms with Crippen LogP contribution < -0.4 is 5.32 Å². The Hall–Kier alpha value is -1.32. The molecule has 0 bridgehead atoms. The molecule has 0 spiro atoms. The zero-order valence-electron chi connectivity index (χ0n) is 13.2. The van der Waals surface area contributed by atoms with E-state index in [0.29, 0.717) is 12.0 Å². The summed E-state index contributed by atoms with van der Waals surface area (Å²) in [7, 11) is 0. The molecule has 1 saturated heterocycles. The normalized spacial score (nSPS) is 21.8. The maximum absolute atomic E-state index is 6.12. The summed E-state index contributed by atoms with van der Waals surface area (Å²) in [5, 5.41) is 4.95. The second kappa shape index (κ2) is 6.20. The molecule has 21 heavy (non-hydrogen) atoms. The third-order valence-corrected chi connectivity index (χ3v) is 4.66. The van der Waals surface area contributed by atoms with Crippen molar-refractivity contribution in [1.82, 2.24) is 5.32 Å². The highest BCUT2D eigenvalue weighted by Gasteiger charge is 2.25. The molecule has 1 aromatic heterocycles. The lowest BCUT2D eigenvalue weighted by Gasteiger charge is -2.23. The van der Waals surface area contributed by atoms with Gasteiger partial charge in [-0.2, -0.15) is 0 Å². The Labute approximate surface area is 126 Å². The molecule has 3 rings (SSSR count). The van der Waals surface area contributed by atoms with Gasteiger partial charge in [0, 0.05) is 23.6 Å². The number of hydrogen-bond acceptors (Lipinski definition) is 3. The van der Waals surface area contributed by atoms with Crippen LogP contribution in [0.3, 0.4) is 0 Å². The molecule has 1 aromatic carbocycles. The number of hydrogen-bond donors (Lipinski definition) is 1. The van der Waals surface area contributed by atoms with Crippen molar-refractivity contribution in [3.05, 3.63) is 35.6 Å². The SMILES string of the molecule is CCc1c(C(C)NC(C)C2CCOC2)oc2ccccc12. The van der Waals surface area contributed by atoms with Gasteiger partial charge in [0.15, 0.2) is 0 Å². The van der Waals surface area contributed by atoms with E-state index < -0.39 is 0 Å². The Balaban J connectivity index is 1.81. The van der Waals surface area contributed by atoms with Crippen LogP contribution in [-0.4, -0.2) is 19.3 Å². The van der Waals surface area contributed by atoms with Crippen LogP contribution in [0, 0.1) is 5.92 Å². The van der Waals surface area contributed by atoms with Crippen LogP contribution in [0.4, 0.5) is 0 Å². The molecule has 0 saturated carbocycles. The minimum Gasteiger partial charge on any atom is -0.459 e. The number of furan rings is 1. The number of nitrogens with one attached hydrogen (secondary N) is 1. The fourth-order valence-electron chi connectivity index (χ4n) is 3.39. The van der Waals surface area contributed by atoms with Crippen molar-refractivity contribution in [1.29, 1.82) is 0 Å². The fourth-order valence-corrected chi connectivity index (χ4v) is 3.39. The zero-order chi connectivity index (χ0) is 14.8. The highest BCUT2D eigenvalue weighted by atomic mass is 16.5. The van der Waals surface area contributed by atoms with Gasteiger partial charge >= 0.3 is 0 Å². The van der Waals surface area contributed by atoms with Gasteiger partial charge in [-0.1, -0.05) is 25.1 Å². The number of fused-ring (bicyclic) bond motifs is 1. The van der Waals surface area contributed by atoms with Crippen LogP contribution in [0.25, 0.3) is 11.0 Å². The molecule has 3 heteroatoms. The number of benzene rings is 1. The van der Waals surface area contributed by atoms with Gasteiger partial charge in [0.1, 0.15) is 11.3 Å². The molecular formula is C18H25NO2. The minimum atomic E-state index is 0.225. The first kappa shape index (κ1) is 14.6. The first-order valence-corrected chi connectivity index (χ1v) is 8.04. The predicted molar refractivity (Wildman–Crippen MR) is 85.5 cm³/mol. The molecule has 114 valence electrons. The van der Waals surface area contributed by atoms with Crippen LogP contribution >= 0.6 is 0 Å². The smallest absolute Gasteiger partial charge is 0.134 e. The van der Waals surface area contributed by atoms with Crippen LogP contribution in [0.5, 0.6) is 0 Å². The zero-order valence-corrected chi connectivity index (χ0v) is 13.2. The number of ether oxygens (including phenoxy) is 1. The van der Waals surface area contributed by atoms with Crippen LogP contribution in [0.15, 0.2) is 28.7 Å². The van der Waals surface area contributed by atoms with Crippen LogP contribution in [-0.2, 0) is 11.2 Å². The van der Waals surface area contributed by atoms with E-state index in [0.717, 1.165) is 37.4 Å². The summed E-state index contributed by atoms with van der Waals surface area (Å²) in [4.78, 5) is 0. The average molecular weight is 287 g/mol. The molecule has 0 amide bonds. The van der Waals surface area contributed by atoms with E-state index in [1.165, 1.54) is 10.9 Å². The Morgan fingerprint density at radius 3 is 2.81 bits per heavy atom. The number of rotatable bonds is 5. The second-order valence-corrected chi connectivity index (χ2v) is 6.10. The topological polar surface area (TPSA) is 34.4 Å². The highest BCUT2D eigenvalue weighted by molar-refractivity contribution is 5.82. The van der Waals surface area contributed by atoms with Crippen molar-refractivity contribution in [3.63, 3.8) is 0 Å². The van der Waals surface area contributed by atoms with Gasteiger partial charge < -0.3 is 14.5 Å². The summed E-state index contributed by atoms with van der Waals surface area (Å²) in [5.41, 5.74) is 2.33. The molecule has 0 radical (unpaired) electrons. The molecule has 3 atom stereocenters. The molecule has 2 heterocycles. The summed E-state index contributed by atoms with van der Waals surface area (Å²) in [6.07, 6.45) is 2.15. The molecule has 1 aliphatic heterocycles. The predicted octanol–water partition coefficient (Wildman–Crippen LogP) is 4.07. The van der Waals surface area contributed by atoms with Gasteiger partial charge in [-0.05, 0) is 38.7 Å². The molecule has 1 N–H and O–H groups in total. The van der Waals surface area contributed by atoms with E-state index in [1.807, 2.05) is 6.07 Å². The van der Waals surface area contributed by atoms with Crippen molar-refractivity contribution in [2.45, 2.75) is 45.7 Å². The van der Waals surface area contributed by atoms with E-state index in [-0.39, 0.29) is 6.04 Å². The molecule has 3 unspecified atom stereocenters. The van der Waals surface area contributed by atoms with Gasteiger partial charge in [-0.25, -0.2) is 0 Å². The first-order valence-electron chi connectivity index (χ1n) is 8.04. The maximum Gasteiger partial charge on any atom is 0.134 e. The number of para-hydroxylation sites is 1. The Kier molecular flexibility index (Phi) is 4.32. The second-order valence-electron chi connectivity index (χ2n) is 6.10. The first-order chi connectivity index (χ1) is 10.2. The fraction of sp³-hybridized carbons (Fsp3) is 0.556. The lowest BCUT2D eigenvalue weighted by molar-refractivity contribution is 0.176. The van der Waals surface area contributed by atoms with Crippen molar-refractivity contribution >= 4 is 11.0 Å². The third kappa shape index (κ3) is 2.85. The van der Waals surface area contributed by atoms with Crippen molar-refractivity contribution in [3.8, 4) is 0 Å². The van der Waals surface area contributed by atoms with Crippen LogP contribution in [0.1, 0.15) is 44.6 Å². The molecule has 3 nitrogen and oxygen atoms in total. The molecule has 1 fully saturated rings. The largest absolute Gasteiger partial charge is 0.459 e. The molecule has 1 aliphatic rings. The average Bonchev–Trinajstić information content (AvgIpc) is 3.14. The van der Waals surface area contributed by atoms with Gasteiger partial charge in [0.05, 0.1) is 12.6 Å². The van der Waals surface area contributed by atoms with E-state index in [2.05, 4.69) is 44.3 Å². The Bertz CT molecular complexity index is 598. The molecule has 2 aromatic rings. The van der Waals surface area contributed by atoms with E-state index >= 15 is 0 Å². The lowest BCUT2D eigenvalue weighted by Crippen LogP contribution is -2.35. The van der Waals surface area contributed by atoms with Gasteiger partial charge in [0.25, 0.3) is 0 Å². The lowest BCUT2D eigenvalue weighted by atomic mass is 9.98. The Morgan fingerprint density at radius 1 is 1.29 bits per heavy atom. The van der Waals surface area contributed by atoms with Crippen molar-refractivity contribution < 1.29 is 9.15 Å². The van der Waals surface area contributed by atoms with Crippen molar-refractivity contribution in [2.24, 2.45) is 5.92 Å². The summed E-state index contributed by atoms with van der Waals surface area (Å²) in [6.45, 7) is 8.42. The maximum atomic E-state index is 6.12.